The Morgan fingerprint density at radius 3 is 2.56 bits per heavy atom. The summed E-state index contributed by atoms with van der Waals surface area (Å²) in [7, 11) is 0. The van der Waals surface area contributed by atoms with Gasteiger partial charge in [-0.2, -0.15) is 0 Å². The minimum absolute atomic E-state index is 0.0175. The number of carbonyl (C=O) groups excluding carboxylic acids is 2. The van der Waals surface area contributed by atoms with Gasteiger partial charge in [-0.05, 0) is 31.8 Å². The fourth-order valence-electron chi connectivity index (χ4n) is 3.16. The van der Waals surface area contributed by atoms with Crippen LogP contribution in [0, 0.1) is 5.92 Å². The number of hydrogen-bond donors (Lipinski definition) is 1. The summed E-state index contributed by atoms with van der Waals surface area (Å²) in [6, 6.07) is 0.279. The molecule has 4 fully saturated rings. The molecule has 4 saturated heterocycles. The molecule has 0 aliphatic carbocycles. The number of carbonyl (C=O) groups is 2. The van der Waals surface area contributed by atoms with Crippen molar-refractivity contribution >= 4 is 11.8 Å². The summed E-state index contributed by atoms with van der Waals surface area (Å²) in [5.41, 5.74) is 0. The normalized spacial score (nSPS) is 38.8. The number of amides is 2. The summed E-state index contributed by atoms with van der Waals surface area (Å²) in [5, 5.41) is 2.60. The molecule has 2 amide bonds. The Morgan fingerprint density at radius 2 is 1.94 bits per heavy atom. The molecule has 0 radical (unpaired) electrons. The summed E-state index contributed by atoms with van der Waals surface area (Å²) in [4.78, 5) is 27.4. The van der Waals surface area contributed by atoms with Crippen molar-refractivity contribution in [2.24, 2.45) is 5.92 Å². The van der Waals surface area contributed by atoms with Crippen LogP contribution in [0.15, 0.2) is 0 Å². The van der Waals surface area contributed by atoms with Crippen molar-refractivity contribution in [3.63, 3.8) is 0 Å². The first-order valence-corrected chi connectivity index (χ1v) is 6.02. The van der Waals surface area contributed by atoms with Gasteiger partial charge < -0.3 is 15.1 Å². The number of piperidine rings is 3. The maximum atomic E-state index is 11.8. The lowest BCUT2D eigenvalue weighted by Gasteiger charge is -2.49. The molecular formula is C11H17N3O2. The van der Waals surface area contributed by atoms with E-state index < -0.39 is 0 Å². The van der Waals surface area contributed by atoms with Gasteiger partial charge in [-0.1, -0.05) is 0 Å². The topological polar surface area (TPSA) is 52.7 Å². The van der Waals surface area contributed by atoms with Crippen molar-refractivity contribution in [3.05, 3.63) is 0 Å². The van der Waals surface area contributed by atoms with E-state index in [0.29, 0.717) is 5.92 Å². The van der Waals surface area contributed by atoms with Crippen LogP contribution in [-0.2, 0) is 9.59 Å². The minimum Gasteiger partial charge on any atom is -0.345 e. The Kier molecular flexibility index (Phi) is 2.35. The number of piperazine rings is 1. The second-order valence-corrected chi connectivity index (χ2v) is 5.00. The molecule has 4 aliphatic heterocycles. The third-order valence-corrected chi connectivity index (χ3v) is 4.09. The highest BCUT2D eigenvalue weighted by atomic mass is 16.2. The summed E-state index contributed by atoms with van der Waals surface area (Å²) < 4.78 is 0. The van der Waals surface area contributed by atoms with Gasteiger partial charge in [0, 0.05) is 12.6 Å². The lowest BCUT2D eigenvalue weighted by molar-refractivity contribution is -0.146. The lowest BCUT2D eigenvalue weighted by atomic mass is 9.83. The van der Waals surface area contributed by atoms with E-state index in [0.717, 1.165) is 19.6 Å². The summed E-state index contributed by atoms with van der Waals surface area (Å²) in [6.45, 7) is 3.73. The summed E-state index contributed by atoms with van der Waals surface area (Å²) >= 11 is 0. The first-order valence-electron chi connectivity index (χ1n) is 6.02. The van der Waals surface area contributed by atoms with Crippen molar-refractivity contribution in [2.45, 2.75) is 18.9 Å². The van der Waals surface area contributed by atoms with Crippen LogP contribution in [0.25, 0.3) is 0 Å². The van der Waals surface area contributed by atoms with Crippen LogP contribution < -0.4 is 5.32 Å². The van der Waals surface area contributed by atoms with Crippen LogP contribution in [0.1, 0.15) is 12.8 Å². The van der Waals surface area contributed by atoms with Gasteiger partial charge >= 0.3 is 0 Å². The lowest BCUT2D eigenvalue weighted by Crippen LogP contribution is -2.63. The molecule has 5 heteroatoms. The number of nitrogens with one attached hydrogen (secondary N) is 1. The average molecular weight is 223 g/mol. The number of rotatable bonds is 1. The number of fused-ring (bicyclic) bond motifs is 3. The van der Waals surface area contributed by atoms with E-state index in [-0.39, 0.29) is 30.9 Å². The summed E-state index contributed by atoms with van der Waals surface area (Å²) in [5.74, 6) is 0.675. The number of nitrogens with zero attached hydrogens (tertiary/aromatic N) is 2. The van der Waals surface area contributed by atoms with Crippen LogP contribution >= 0.6 is 0 Å². The van der Waals surface area contributed by atoms with Crippen molar-refractivity contribution in [2.75, 3.05) is 32.7 Å². The van der Waals surface area contributed by atoms with Gasteiger partial charge in [-0.15, -0.1) is 0 Å². The van der Waals surface area contributed by atoms with Crippen LogP contribution in [0.4, 0.5) is 0 Å². The van der Waals surface area contributed by atoms with Gasteiger partial charge in [0.1, 0.15) is 0 Å². The summed E-state index contributed by atoms with van der Waals surface area (Å²) in [6.07, 6.45) is 2.35. The van der Waals surface area contributed by atoms with Gasteiger partial charge in [0.15, 0.2) is 0 Å². The largest absolute Gasteiger partial charge is 0.345 e. The van der Waals surface area contributed by atoms with Gasteiger partial charge in [0.25, 0.3) is 0 Å². The Labute approximate surface area is 94.8 Å². The standard InChI is InChI=1S/C11H17N3O2/c15-10-7-14(11(16)5-12-10)9-6-13-3-1-8(9)2-4-13/h8-9H,1-7H2,(H,12,15). The molecular weight excluding hydrogens is 206 g/mol. The van der Waals surface area contributed by atoms with Gasteiger partial charge in [0.2, 0.25) is 11.8 Å². The second kappa shape index (κ2) is 3.73. The molecule has 0 aromatic heterocycles. The molecule has 4 rings (SSSR count). The highest BCUT2D eigenvalue weighted by Gasteiger charge is 2.40. The van der Waals surface area contributed by atoms with E-state index in [1.807, 2.05) is 0 Å². The maximum Gasteiger partial charge on any atom is 0.242 e. The Bertz CT molecular complexity index is 323. The quantitative estimate of drug-likeness (QED) is 0.623. The molecule has 0 spiro atoms. The zero-order valence-corrected chi connectivity index (χ0v) is 9.32. The predicted molar refractivity (Wildman–Crippen MR) is 57.7 cm³/mol. The molecule has 4 heterocycles. The molecule has 16 heavy (non-hydrogen) atoms. The molecule has 0 saturated carbocycles. The highest BCUT2D eigenvalue weighted by molar-refractivity contribution is 5.92. The van der Waals surface area contributed by atoms with Gasteiger partial charge in [-0.25, -0.2) is 0 Å². The minimum atomic E-state index is -0.0175. The first-order chi connectivity index (χ1) is 7.74. The molecule has 88 valence electrons. The van der Waals surface area contributed by atoms with E-state index in [1.165, 1.54) is 12.8 Å². The van der Waals surface area contributed by atoms with Crippen molar-refractivity contribution in [3.8, 4) is 0 Å². The first kappa shape index (κ1) is 10.1. The zero-order chi connectivity index (χ0) is 11.1. The predicted octanol–water partition coefficient (Wildman–Crippen LogP) is -0.961. The van der Waals surface area contributed by atoms with Crippen LogP contribution in [0.5, 0.6) is 0 Å². The van der Waals surface area contributed by atoms with Crippen LogP contribution in [0.3, 0.4) is 0 Å². The molecule has 1 atom stereocenters. The fourth-order valence-corrected chi connectivity index (χ4v) is 3.16. The van der Waals surface area contributed by atoms with E-state index in [9.17, 15) is 9.59 Å². The van der Waals surface area contributed by atoms with Crippen molar-refractivity contribution in [1.82, 2.24) is 15.1 Å². The van der Waals surface area contributed by atoms with Gasteiger partial charge in [0.05, 0.1) is 13.1 Å². The molecule has 4 aliphatic rings. The smallest absolute Gasteiger partial charge is 0.242 e. The Morgan fingerprint density at radius 1 is 1.19 bits per heavy atom. The van der Waals surface area contributed by atoms with E-state index in [4.69, 9.17) is 0 Å². The maximum absolute atomic E-state index is 11.8. The molecule has 1 N–H and O–H groups in total. The molecule has 2 bridgehead atoms. The average Bonchev–Trinajstić information content (AvgIpc) is 2.34. The zero-order valence-electron chi connectivity index (χ0n) is 9.32. The number of hydrogen-bond acceptors (Lipinski definition) is 3. The van der Waals surface area contributed by atoms with E-state index >= 15 is 0 Å². The van der Waals surface area contributed by atoms with Crippen molar-refractivity contribution < 1.29 is 9.59 Å². The third kappa shape index (κ3) is 1.59. The van der Waals surface area contributed by atoms with E-state index in [1.54, 1.807) is 4.90 Å². The molecule has 1 unspecified atom stereocenters. The third-order valence-electron chi connectivity index (χ3n) is 4.09. The second-order valence-electron chi connectivity index (χ2n) is 5.00. The molecule has 0 aromatic rings. The van der Waals surface area contributed by atoms with Crippen LogP contribution in [0.2, 0.25) is 0 Å². The SMILES string of the molecule is O=C1CN(C2CN3CCC2CC3)C(=O)CN1. The molecule has 0 aromatic carbocycles. The van der Waals surface area contributed by atoms with Gasteiger partial charge in [-0.3, -0.25) is 9.59 Å². The Balaban J connectivity index is 1.76. The Hall–Kier alpha value is -1.10. The highest BCUT2D eigenvalue weighted by Crippen LogP contribution is 2.31. The van der Waals surface area contributed by atoms with Crippen LogP contribution in [-0.4, -0.2) is 60.4 Å². The van der Waals surface area contributed by atoms with E-state index in [2.05, 4.69) is 10.2 Å². The molecule has 5 nitrogen and oxygen atoms in total. The fraction of sp³-hybridized carbons (Fsp3) is 0.818. The van der Waals surface area contributed by atoms with Crippen molar-refractivity contribution in [1.29, 1.82) is 0 Å². The monoisotopic (exact) mass is 223 g/mol.